The molecule has 0 aliphatic heterocycles. The molecule has 31 heavy (non-hydrogen) atoms. The molecule has 8 nitrogen and oxygen atoms in total. The maximum absolute atomic E-state index is 12.8. The van der Waals surface area contributed by atoms with Crippen molar-refractivity contribution in [3.05, 3.63) is 73.1 Å². The standard InChI is InChI=1S/C23H25N5O3/c1-27(2)13-14-28(19-8-4-3-5-9-19)23(30)31-22(29)26-21-15-18(24)10-11-20(21)17-7-6-12-25-16-17/h3-12,15-16H,13-14,24H2,1-2H3,(H,26,29). The number of hydrogen-bond donors (Lipinski definition) is 2. The van der Waals surface area contributed by atoms with Crippen molar-refractivity contribution in [1.29, 1.82) is 0 Å². The zero-order valence-electron chi connectivity index (χ0n) is 17.5. The fourth-order valence-corrected chi connectivity index (χ4v) is 2.94. The summed E-state index contributed by atoms with van der Waals surface area (Å²) in [6, 6.07) is 17.8. The minimum absolute atomic E-state index is 0.363. The van der Waals surface area contributed by atoms with Gasteiger partial charge in [-0.2, -0.15) is 0 Å². The van der Waals surface area contributed by atoms with Gasteiger partial charge in [-0.25, -0.2) is 9.59 Å². The predicted octanol–water partition coefficient (Wildman–Crippen LogP) is 4.07. The first-order valence-electron chi connectivity index (χ1n) is 9.74. The van der Waals surface area contributed by atoms with Gasteiger partial charge in [-0.05, 0) is 44.4 Å². The van der Waals surface area contributed by atoms with Gasteiger partial charge in [0.05, 0.1) is 5.69 Å². The van der Waals surface area contributed by atoms with Crippen LogP contribution in [-0.2, 0) is 4.74 Å². The SMILES string of the molecule is CN(C)CCN(C(=O)OC(=O)Nc1cc(N)ccc1-c1cccnc1)c1ccccc1. The van der Waals surface area contributed by atoms with E-state index in [-0.39, 0.29) is 0 Å². The summed E-state index contributed by atoms with van der Waals surface area (Å²) >= 11 is 0. The van der Waals surface area contributed by atoms with Gasteiger partial charge in [0.15, 0.2) is 0 Å². The topological polar surface area (TPSA) is 101 Å². The summed E-state index contributed by atoms with van der Waals surface area (Å²) in [5.74, 6) is 0. The van der Waals surface area contributed by atoms with Gasteiger partial charge in [0.1, 0.15) is 0 Å². The molecule has 0 radical (unpaired) electrons. The Labute approximate surface area is 181 Å². The number of benzene rings is 2. The lowest BCUT2D eigenvalue weighted by atomic mass is 10.1. The number of pyridine rings is 1. The molecule has 3 rings (SSSR count). The van der Waals surface area contributed by atoms with Gasteiger partial charge in [-0.1, -0.05) is 30.3 Å². The van der Waals surface area contributed by atoms with Crippen LogP contribution in [0.1, 0.15) is 0 Å². The lowest BCUT2D eigenvalue weighted by Gasteiger charge is -2.23. The van der Waals surface area contributed by atoms with E-state index >= 15 is 0 Å². The maximum Gasteiger partial charge on any atom is 0.423 e. The summed E-state index contributed by atoms with van der Waals surface area (Å²) in [5.41, 5.74) is 8.91. The molecule has 3 N–H and O–H groups in total. The largest absolute Gasteiger partial charge is 0.423 e. The molecule has 0 unspecified atom stereocenters. The normalized spacial score (nSPS) is 10.5. The van der Waals surface area contributed by atoms with Crippen molar-refractivity contribution in [2.75, 3.05) is 43.1 Å². The van der Waals surface area contributed by atoms with Crippen molar-refractivity contribution in [3.8, 4) is 11.1 Å². The number of para-hydroxylation sites is 1. The van der Waals surface area contributed by atoms with Crippen molar-refractivity contribution >= 4 is 29.2 Å². The number of ether oxygens (including phenoxy) is 1. The van der Waals surface area contributed by atoms with Crippen LogP contribution in [-0.4, -0.2) is 49.3 Å². The number of nitrogens with two attached hydrogens (primary N) is 1. The zero-order valence-corrected chi connectivity index (χ0v) is 17.5. The fourth-order valence-electron chi connectivity index (χ4n) is 2.94. The van der Waals surface area contributed by atoms with Gasteiger partial charge in [0, 0.05) is 48.0 Å². The second-order valence-electron chi connectivity index (χ2n) is 7.12. The first kappa shape index (κ1) is 21.8. The Kier molecular flexibility index (Phi) is 7.18. The van der Waals surface area contributed by atoms with E-state index in [9.17, 15) is 9.59 Å². The number of nitrogen functional groups attached to an aromatic ring is 1. The number of amides is 2. The van der Waals surface area contributed by atoms with Crippen LogP contribution in [0.5, 0.6) is 0 Å². The van der Waals surface area contributed by atoms with E-state index in [1.165, 1.54) is 4.90 Å². The molecule has 0 saturated heterocycles. The van der Waals surface area contributed by atoms with E-state index in [0.717, 1.165) is 5.56 Å². The third kappa shape index (κ3) is 6.03. The zero-order chi connectivity index (χ0) is 22.2. The lowest BCUT2D eigenvalue weighted by molar-refractivity contribution is 0.164. The Bertz CT molecular complexity index is 1030. The Balaban J connectivity index is 1.76. The molecule has 0 fully saturated rings. The Morgan fingerprint density at radius 1 is 1.03 bits per heavy atom. The number of hydrogen-bond acceptors (Lipinski definition) is 6. The van der Waals surface area contributed by atoms with Crippen LogP contribution in [0.25, 0.3) is 11.1 Å². The molecule has 2 aromatic carbocycles. The third-order valence-electron chi connectivity index (χ3n) is 4.49. The highest BCUT2D eigenvalue weighted by atomic mass is 16.6. The minimum atomic E-state index is -0.897. The van der Waals surface area contributed by atoms with Crippen LogP contribution in [0.2, 0.25) is 0 Å². The molecule has 160 valence electrons. The van der Waals surface area contributed by atoms with Crippen molar-refractivity contribution in [2.24, 2.45) is 0 Å². The molecule has 8 heteroatoms. The summed E-state index contributed by atoms with van der Waals surface area (Å²) in [7, 11) is 3.81. The average Bonchev–Trinajstić information content (AvgIpc) is 2.75. The molecule has 0 saturated carbocycles. The van der Waals surface area contributed by atoms with E-state index in [1.54, 1.807) is 48.8 Å². The smallest absolute Gasteiger partial charge is 0.399 e. The fraction of sp³-hybridized carbons (Fsp3) is 0.174. The molecular formula is C23H25N5O3. The number of anilines is 3. The number of rotatable bonds is 6. The molecular weight excluding hydrogens is 394 g/mol. The lowest BCUT2D eigenvalue weighted by Crippen LogP contribution is -2.38. The van der Waals surface area contributed by atoms with Gasteiger partial charge in [-0.3, -0.25) is 15.2 Å². The highest BCUT2D eigenvalue weighted by molar-refractivity contribution is 6.00. The van der Waals surface area contributed by atoms with E-state index in [2.05, 4.69) is 10.3 Å². The van der Waals surface area contributed by atoms with E-state index in [1.807, 2.05) is 43.3 Å². The minimum Gasteiger partial charge on any atom is -0.399 e. The van der Waals surface area contributed by atoms with E-state index < -0.39 is 12.2 Å². The molecule has 0 bridgehead atoms. The molecule has 0 atom stereocenters. The summed E-state index contributed by atoms with van der Waals surface area (Å²) < 4.78 is 5.10. The number of carbonyl (C=O) groups is 2. The number of carbonyl (C=O) groups excluding carboxylic acids is 2. The van der Waals surface area contributed by atoms with Gasteiger partial charge in [0.2, 0.25) is 0 Å². The van der Waals surface area contributed by atoms with Crippen LogP contribution >= 0.6 is 0 Å². The summed E-state index contributed by atoms with van der Waals surface area (Å²) in [6.07, 6.45) is 1.67. The van der Waals surface area contributed by atoms with Crippen LogP contribution in [0, 0.1) is 0 Å². The quantitative estimate of drug-likeness (QED) is 0.461. The summed E-state index contributed by atoms with van der Waals surface area (Å²) in [5, 5.41) is 2.63. The monoisotopic (exact) mass is 419 g/mol. The van der Waals surface area contributed by atoms with Crippen molar-refractivity contribution in [3.63, 3.8) is 0 Å². The highest BCUT2D eigenvalue weighted by Gasteiger charge is 2.21. The van der Waals surface area contributed by atoms with Crippen LogP contribution < -0.4 is 16.0 Å². The third-order valence-corrected chi connectivity index (χ3v) is 4.49. The Morgan fingerprint density at radius 3 is 2.48 bits per heavy atom. The average molecular weight is 419 g/mol. The number of aromatic nitrogens is 1. The van der Waals surface area contributed by atoms with Crippen LogP contribution in [0.4, 0.5) is 26.7 Å². The molecule has 1 heterocycles. The van der Waals surface area contributed by atoms with Gasteiger partial charge in [-0.15, -0.1) is 0 Å². The predicted molar refractivity (Wildman–Crippen MR) is 122 cm³/mol. The van der Waals surface area contributed by atoms with E-state index in [0.29, 0.717) is 35.7 Å². The second-order valence-corrected chi connectivity index (χ2v) is 7.12. The molecule has 1 aromatic heterocycles. The molecule has 2 amide bonds. The second kappa shape index (κ2) is 10.2. The number of nitrogens with one attached hydrogen (secondary N) is 1. The van der Waals surface area contributed by atoms with Gasteiger partial charge in [0.25, 0.3) is 0 Å². The maximum atomic E-state index is 12.8. The first-order chi connectivity index (χ1) is 14.9. The molecule has 0 aliphatic rings. The van der Waals surface area contributed by atoms with E-state index in [4.69, 9.17) is 10.5 Å². The Morgan fingerprint density at radius 2 is 1.81 bits per heavy atom. The van der Waals surface area contributed by atoms with Crippen LogP contribution in [0.3, 0.4) is 0 Å². The van der Waals surface area contributed by atoms with Crippen molar-refractivity contribution in [2.45, 2.75) is 0 Å². The van der Waals surface area contributed by atoms with Crippen LogP contribution in [0.15, 0.2) is 73.1 Å². The Hall–Kier alpha value is -3.91. The first-order valence-corrected chi connectivity index (χ1v) is 9.74. The van der Waals surface area contributed by atoms with Crippen molar-refractivity contribution < 1.29 is 14.3 Å². The van der Waals surface area contributed by atoms with Gasteiger partial charge >= 0.3 is 12.2 Å². The highest BCUT2D eigenvalue weighted by Crippen LogP contribution is 2.29. The van der Waals surface area contributed by atoms with Crippen molar-refractivity contribution in [1.82, 2.24) is 9.88 Å². The molecule has 3 aromatic rings. The van der Waals surface area contributed by atoms with Gasteiger partial charge < -0.3 is 15.4 Å². The molecule has 0 aliphatic carbocycles. The summed E-state index contributed by atoms with van der Waals surface area (Å²) in [4.78, 5) is 32.8. The molecule has 0 spiro atoms. The summed E-state index contributed by atoms with van der Waals surface area (Å²) in [6.45, 7) is 0.967. The number of nitrogens with zero attached hydrogens (tertiary/aromatic N) is 3. The number of likely N-dealkylation sites (N-methyl/N-ethyl adjacent to an activating group) is 1.